The maximum absolute atomic E-state index is 3.71. The fourth-order valence-corrected chi connectivity index (χ4v) is 13.7. The van der Waals surface area contributed by atoms with Crippen LogP contribution < -0.4 is 20.7 Å². The van der Waals surface area contributed by atoms with Gasteiger partial charge < -0.3 is 9.13 Å². The summed E-state index contributed by atoms with van der Waals surface area (Å²) in [6, 6.07) is 74.0. The normalized spacial score (nSPS) is 11.9. The second kappa shape index (κ2) is 12.4. The lowest BCUT2D eigenvalue weighted by atomic mass is 10.1. The molecule has 0 spiro atoms. The summed E-state index contributed by atoms with van der Waals surface area (Å²) in [7, 11) is -2.73. The second-order valence-corrected chi connectivity index (χ2v) is 18.2. The molecule has 10 aromatic rings. The van der Waals surface area contributed by atoms with Crippen LogP contribution in [0.15, 0.2) is 205 Å². The van der Waals surface area contributed by atoms with Crippen molar-refractivity contribution in [2.24, 2.45) is 0 Å². The zero-order valence-electron chi connectivity index (χ0n) is 28.3. The van der Waals surface area contributed by atoms with Gasteiger partial charge in [0.25, 0.3) is 0 Å². The van der Waals surface area contributed by atoms with Gasteiger partial charge in [-0.1, -0.05) is 162 Å². The lowest BCUT2D eigenvalue weighted by Crippen LogP contribution is -2.74. The second-order valence-electron chi connectivity index (χ2n) is 13.5. The molecule has 10 rings (SSSR count). The SMILES string of the molecule is Brc1cccc(-n2c3ccccc3c3cc(-n4c5ccccc5c5ccc([Si](c6ccccc6)(c6ccccc6)c6ccccc6)cc54)ccc32)c1. The predicted octanol–water partition coefficient (Wildman–Crippen LogP) is 10.0. The van der Waals surface area contributed by atoms with E-state index < -0.39 is 8.07 Å². The average molecular weight is 746 g/mol. The third-order valence-electron chi connectivity index (χ3n) is 10.7. The van der Waals surface area contributed by atoms with Crippen molar-refractivity contribution >= 4 is 88.4 Å². The number of hydrogen-bond donors (Lipinski definition) is 0. The summed E-state index contributed by atoms with van der Waals surface area (Å²) < 4.78 is 5.93. The molecule has 0 amide bonds. The first-order valence-corrected chi connectivity index (χ1v) is 20.5. The number of aromatic nitrogens is 2. The fourth-order valence-electron chi connectivity index (χ4n) is 8.54. The standard InChI is InChI=1S/C48H33BrN2Si/c49-34-15-14-16-35(31-34)50-46-26-13-11-24-42(46)44-32-36(27-30-47(44)50)51-45-25-12-10-23-41(45)43-29-28-40(33-48(43)51)52(37-17-4-1-5-18-37,38-19-6-2-7-20-38)39-21-8-3-9-22-39/h1-33H. The molecule has 4 heteroatoms. The smallest absolute Gasteiger partial charge is 0.179 e. The van der Waals surface area contributed by atoms with Gasteiger partial charge in [-0.05, 0) is 75.3 Å². The molecule has 0 fully saturated rings. The highest BCUT2D eigenvalue weighted by molar-refractivity contribution is 9.10. The Balaban J connectivity index is 1.28. The summed E-state index contributed by atoms with van der Waals surface area (Å²) in [6.07, 6.45) is 0. The van der Waals surface area contributed by atoms with E-state index in [1.165, 1.54) is 64.4 Å². The highest BCUT2D eigenvalue weighted by Gasteiger charge is 2.41. The van der Waals surface area contributed by atoms with Crippen LogP contribution >= 0.6 is 15.9 Å². The zero-order chi connectivity index (χ0) is 34.6. The van der Waals surface area contributed by atoms with Crippen molar-refractivity contribution < 1.29 is 0 Å². The Morgan fingerprint density at radius 1 is 0.308 bits per heavy atom. The summed E-state index contributed by atoms with van der Waals surface area (Å²) in [5, 5.41) is 10.5. The molecule has 246 valence electrons. The van der Waals surface area contributed by atoms with Crippen molar-refractivity contribution in [2.45, 2.75) is 0 Å². The highest BCUT2D eigenvalue weighted by Crippen LogP contribution is 2.37. The van der Waals surface area contributed by atoms with Gasteiger partial charge in [0.1, 0.15) is 0 Å². The Labute approximate surface area is 312 Å². The minimum Gasteiger partial charge on any atom is -0.309 e. The topological polar surface area (TPSA) is 9.86 Å². The molecule has 8 aromatic carbocycles. The fraction of sp³-hybridized carbons (Fsp3) is 0. The first-order chi connectivity index (χ1) is 25.7. The van der Waals surface area contributed by atoms with E-state index in [1.807, 2.05) is 0 Å². The van der Waals surface area contributed by atoms with E-state index in [0.29, 0.717) is 0 Å². The molecule has 0 atom stereocenters. The number of fused-ring (bicyclic) bond motifs is 6. The van der Waals surface area contributed by atoms with Gasteiger partial charge in [-0.15, -0.1) is 0 Å². The van der Waals surface area contributed by atoms with Crippen molar-refractivity contribution in [2.75, 3.05) is 0 Å². The summed E-state index contributed by atoms with van der Waals surface area (Å²) in [5.74, 6) is 0. The van der Waals surface area contributed by atoms with Crippen molar-refractivity contribution in [3.63, 3.8) is 0 Å². The molecule has 0 aliphatic heterocycles. The Kier molecular flexibility index (Phi) is 7.34. The van der Waals surface area contributed by atoms with Gasteiger partial charge in [0.15, 0.2) is 8.07 Å². The van der Waals surface area contributed by atoms with Gasteiger partial charge in [-0.2, -0.15) is 0 Å². The molecule has 52 heavy (non-hydrogen) atoms. The zero-order valence-corrected chi connectivity index (χ0v) is 30.9. The van der Waals surface area contributed by atoms with Crippen molar-refractivity contribution in [1.82, 2.24) is 9.13 Å². The first kappa shape index (κ1) is 30.8. The van der Waals surface area contributed by atoms with Gasteiger partial charge in [0.05, 0.1) is 22.1 Å². The third-order valence-corrected chi connectivity index (χ3v) is 16.0. The number of para-hydroxylation sites is 2. The van der Waals surface area contributed by atoms with E-state index in [2.05, 4.69) is 225 Å². The molecule has 0 N–H and O–H groups in total. The van der Waals surface area contributed by atoms with Crippen LogP contribution in [0.4, 0.5) is 0 Å². The van der Waals surface area contributed by atoms with E-state index in [4.69, 9.17) is 0 Å². The number of rotatable bonds is 6. The van der Waals surface area contributed by atoms with Gasteiger partial charge in [0, 0.05) is 37.4 Å². The minimum absolute atomic E-state index is 1.06. The van der Waals surface area contributed by atoms with Gasteiger partial charge in [0.2, 0.25) is 0 Å². The van der Waals surface area contributed by atoms with Crippen LogP contribution in [-0.4, -0.2) is 17.2 Å². The lowest BCUT2D eigenvalue weighted by Gasteiger charge is -2.34. The number of nitrogens with zero attached hydrogens (tertiary/aromatic N) is 2. The summed E-state index contributed by atoms with van der Waals surface area (Å²) in [6.45, 7) is 0. The average Bonchev–Trinajstić information content (AvgIpc) is 3.72. The number of benzene rings is 8. The van der Waals surface area contributed by atoms with E-state index in [9.17, 15) is 0 Å². The maximum Gasteiger partial charge on any atom is 0.179 e. The predicted molar refractivity (Wildman–Crippen MR) is 226 cm³/mol. The molecule has 0 aliphatic carbocycles. The van der Waals surface area contributed by atoms with Crippen LogP contribution in [0.3, 0.4) is 0 Å². The van der Waals surface area contributed by atoms with Crippen molar-refractivity contribution in [1.29, 1.82) is 0 Å². The van der Waals surface area contributed by atoms with Crippen LogP contribution in [-0.2, 0) is 0 Å². The van der Waals surface area contributed by atoms with Crippen LogP contribution in [0.1, 0.15) is 0 Å². The summed E-state index contributed by atoms with van der Waals surface area (Å²) in [4.78, 5) is 0. The Bertz CT molecular complexity index is 2810. The molecule has 0 bridgehead atoms. The van der Waals surface area contributed by atoms with E-state index in [-0.39, 0.29) is 0 Å². The van der Waals surface area contributed by atoms with E-state index in [0.717, 1.165) is 15.8 Å². The molecule has 0 aliphatic rings. The Morgan fingerprint density at radius 2 is 0.788 bits per heavy atom. The summed E-state index contributed by atoms with van der Waals surface area (Å²) >= 11 is 3.71. The van der Waals surface area contributed by atoms with Gasteiger partial charge >= 0.3 is 0 Å². The lowest BCUT2D eigenvalue weighted by molar-refractivity contribution is 1.16. The van der Waals surface area contributed by atoms with Crippen LogP contribution in [0, 0.1) is 0 Å². The molecule has 0 saturated heterocycles. The summed E-state index contributed by atoms with van der Waals surface area (Å²) in [5.41, 5.74) is 7.10. The molecular formula is C48H33BrN2Si. The minimum atomic E-state index is -2.73. The van der Waals surface area contributed by atoms with Crippen molar-refractivity contribution in [3.8, 4) is 11.4 Å². The monoisotopic (exact) mass is 744 g/mol. The molecule has 2 aromatic heterocycles. The number of halogens is 1. The molecular weight excluding hydrogens is 713 g/mol. The molecule has 2 nitrogen and oxygen atoms in total. The van der Waals surface area contributed by atoms with Crippen molar-refractivity contribution in [3.05, 3.63) is 205 Å². The first-order valence-electron chi connectivity index (χ1n) is 17.7. The van der Waals surface area contributed by atoms with E-state index in [1.54, 1.807) is 0 Å². The van der Waals surface area contributed by atoms with Gasteiger partial charge in [-0.3, -0.25) is 0 Å². The maximum atomic E-state index is 3.71. The largest absolute Gasteiger partial charge is 0.309 e. The van der Waals surface area contributed by atoms with E-state index >= 15 is 0 Å². The molecule has 0 saturated carbocycles. The van der Waals surface area contributed by atoms with Crippen LogP contribution in [0.5, 0.6) is 0 Å². The Morgan fingerprint density at radius 3 is 1.38 bits per heavy atom. The third kappa shape index (κ3) is 4.68. The molecule has 0 unspecified atom stereocenters. The quantitative estimate of drug-likeness (QED) is 0.119. The van der Waals surface area contributed by atoms with Gasteiger partial charge in [-0.25, -0.2) is 0 Å². The molecule has 2 heterocycles. The molecule has 0 radical (unpaired) electrons. The number of hydrogen-bond acceptors (Lipinski definition) is 0. The Hall–Kier alpha value is -5.94. The highest BCUT2D eigenvalue weighted by atomic mass is 79.9. The van der Waals surface area contributed by atoms with Crippen LogP contribution in [0.25, 0.3) is 55.0 Å². The van der Waals surface area contributed by atoms with Crippen LogP contribution in [0.2, 0.25) is 0 Å².